The van der Waals surface area contributed by atoms with Gasteiger partial charge in [0.05, 0.1) is 27.9 Å². The summed E-state index contributed by atoms with van der Waals surface area (Å²) in [5, 5.41) is 7.33. The van der Waals surface area contributed by atoms with Gasteiger partial charge < -0.3 is 4.90 Å². The second kappa shape index (κ2) is 8.99. The van der Waals surface area contributed by atoms with Gasteiger partial charge in [-0.1, -0.05) is 74.5 Å². The third-order valence-corrected chi connectivity index (χ3v) is 10.7. The van der Waals surface area contributed by atoms with Crippen LogP contribution in [0.4, 0.5) is 17.1 Å². The Bertz CT molecular complexity index is 2890. The molecule has 11 rings (SSSR count). The van der Waals surface area contributed by atoms with Crippen molar-refractivity contribution < 1.29 is 0 Å². The van der Waals surface area contributed by atoms with Crippen molar-refractivity contribution in [3.63, 3.8) is 0 Å². The molecule has 0 spiro atoms. The molecule has 0 atom stereocenters. The molecule has 1 aliphatic rings. The van der Waals surface area contributed by atoms with Crippen molar-refractivity contribution in [2.45, 2.75) is 19.3 Å². The van der Waals surface area contributed by atoms with Gasteiger partial charge >= 0.3 is 0 Å². The number of nitrogens with zero attached hydrogens (tertiary/aromatic N) is 5. The lowest BCUT2D eigenvalue weighted by Gasteiger charge is -2.42. The van der Waals surface area contributed by atoms with Gasteiger partial charge in [0, 0.05) is 61.5 Å². The number of aromatic nitrogens is 4. The minimum Gasteiger partial charge on any atom is -0.310 e. The normalized spacial score (nSPS) is 14.2. The van der Waals surface area contributed by atoms with Crippen molar-refractivity contribution >= 4 is 77.2 Å². The first-order chi connectivity index (χ1) is 23.6. The summed E-state index contributed by atoms with van der Waals surface area (Å²) in [6, 6.07) is 46.3. The van der Waals surface area contributed by atoms with Crippen LogP contribution in [0, 0.1) is 0 Å². The van der Waals surface area contributed by atoms with E-state index in [-0.39, 0.29) is 5.41 Å². The van der Waals surface area contributed by atoms with E-state index in [0.29, 0.717) is 0 Å². The fraction of sp³-hybridized carbons (Fsp3) is 0.0698. The topological polar surface area (TPSA) is 38.4 Å². The molecule has 1 aliphatic heterocycles. The number of pyridine rings is 2. The molecule has 10 aromatic rings. The zero-order valence-corrected chi connectivity index (χ0v) is 26.5. The smallest absolute Gasteiger partial charge is 0.145 e. The van der Waals surface area contributed by atoms with Gasteiger partial charge in [-0.15, -0.1) is 0 Å². The first-order valence-corrected chi connectivity index (χ1v) is 16.5. The number of para-hydroxylation sites is 3. The second-order valence-corrected chi connectivity index (χ2v) is 13.5. The molecular weight excluding hydrogens is 587 g/mol. The third-order valence-electron chi connectivity index (χ3n) is 10.7. The second-order valence-electron chi connectivity index (χ2n) is 13.5. The summed E-state index contributed by atoms with van der Waals surface area (Å²) in [6.07, 6.45) is 3.79. The Morgan fingerprint density at radius 1 is 0.479 bits per heavy atom. The van der Waals surface area contributed by atoms with E-state index in [4.69, 9.17) is 9.97 Å². The van der Waals surface area contributed by atoms with Crippen LogP contribution in [0.25, 0.3) is 65.8 Å². The number of hydrogen-bond acceptors (Lipinski definition) is 3. The van der Waals surface area contributed by atoms with Gasteiger partial charge in [0.2, 0.25) is 0 Å². The summed E-state index contributed by atoms with van der Waals surface area (Å²) in [7, 11) is 0. The van der Waals surface area contributed by atoms with Crippen LogP contribution < -0.4 is 4.90 Å². The van der Waals surface area contributed by atoms with Crippen LogP contribution in [0.1, 0.15) is 25.0 Å². The lowest BCUT2D eigenvalue weighted by atomic mass is 9.73. The maximum atomic E-state index is 4.91. The summed E-state index contributed by atoms with van der Waals surface area (Å²) >= 11 is 0. The van der Waals surface area contributed by atoms with Gasteiger partial charge in [-0.05, 0) is 77.9 Å². The molecule has 0 saturated carbocycles. The molecular formula is C43H29N5. The maximum absolute atomic E-state index is 4.91. The van der Waals surface area contributed by atoms with E-state index in [9.17, 15) is 0 Å². The Kier molecular flexibility index (Phi) is 4.86. The highest BCUT2D eigenvalue weighted by atomic mass is 15.2. The molecule has 5 aromatic carbocycles. The summed E-state index contributed by atoms with van der Waals surface area (Å²) in [4.78, 5) is 12.2. The van der Waals surface area contributed by atoms with Crippen molar-refractivity contribution in [1.82, 2.24) is 18.9 Å². The van der Waals surface area contributed by atoms with Crippen LogP contribution in [0.3, 0.4) is 0 Å². The molecule has 5 nitrogen and oxygen atoms in total. The summed E-state index contributed by atoms with van der Waals surface area (Å²) in [5.41, 5.74) is 12.5. The van der Waals surface area contributed by atoms with Gasteiger partial charge in [0.25, 0.3) is 0 Å². The van der Waals surface area contributed by atoms with Crippen molar-refractivity contribution in [2.75, 3.05) is 4.90 Å². The predicted octanol–water partition coefficient (Wildman–Crippen LogP) is 10.8. The average molecular weight is 616 g/mol. The fourth-order valence-corrected chi connectivity index (χ4v) is 8.59. The molecule has 48 heavy (non-hydrogen) atoms. The molecule has 0 radical (unpaired) electrons. The zero-order valence-electron chi connectivity index (χ0n) is 26.5. The van der Waals surface area contributed by atoms with E-state index in [0.717, 1.165) is 33.6 Å². The van der Waals surface area contributed by atoms with Crippen LogP contribution in [-0.4, -0.2) is 18.9 Å². The molecule has 6 heterocycles. The largest absolute Gasteiger partial charge is 0.310 e. The molecule has 0 N–H and O–H groups in total. The van der Waals surface area contributed by atoms with Gasteiger partial charge in [0.1, 0.15) is 11.3 Å². The molecule has 0 bridgehead atoms. The lowest BCUT2D eigenvalue weighted by molar-refractivity contribution is 0.633. The molecule has 0 fully saturated rings. The molecule has 0 amide bonds. The highest BCUT2D eigenvalue weighted by molar-refractivity contribution is 6.23. The van der Waals surface area contributed by atoms with Crippen molar-refractivity contribution in [2.24, 2.45) is 0 Å². The van der Waals surface area contributed by atoms with Crippen LogP contribution in [0.2, 0.25) is 0 Å². The number of rotatable bonds is 2. The highest BCUT2D eigenvalue weighted by Crippen LogP contribution is 2.54. The first-order valence-electron chi connectivity index (χ1n) is 16.5. The summed E-state index contributed by atoms with van der Waals surface area (Å²) in [6.45, 7) is 4.72. The average Bonchev–Trinajstić information content (AvgIpc) is 3.76. The summed E-state index contributed by atoms with van der Waals surface area (Å²) < 4.78 is 4.67. The first kappa shape index (κ1) is 25.9. The summed E-state index contributed by atoms with van der Waals surface area (Å²) in [5.74, 6) is 0. The molecule has 0 aliphatic carbocycles. The SMILES string of the molecule is CC1(C)c2ccccc2N(c2cccc(-n3c4ccccc4c4cccnc43)c2)c2cc3c(cc21)c1cccc2c4cccnc4n3c12. The van der Waals surface area contributed by atoms with Gasteiger partial charge in [-0.3, -0.25) is 8.97 Å². The van der Waals surface area contributed by atoms with Gasteiger partial charge in [-0.2, -0.15) is 0 Å². The number of hydrogen-bond donors (Lipinski definition) is 0. The third kappa shape index (κ3) is 3.16. The van der Waals surface area contributed by atoms with Crippen LogP contribution >= 0.6 is 0 Å². The van der Waals surface area contributed by atoms with E-state index in [1.807, 2.05) is 24.5 Å². The lowest BCUT2D eigenvalue weighted by Crippen LogP contribution is -2.30. The quantitative estimate of drug-likeness (QED) is 0.194. The Hall–Kier alpha value is -6.20. The van der Waals surface area contributed by atoms with E-state index in [1.54, 1.807) is 0 Å². The predicted molar refractivity (Wildman–Crippen MR) is 198 cm³/mol. The fourth-order valence-electron chi connectivity index (χ4n) is 8.59. The van der Waals surface area contributed by atoms with Crippen LogP contribution in [0.5, 0.6) is 0 Å². The van der Waals surface area contributed by atoms with Crippen LogP contribution in [0.15, 0.2) is 140 Å². The van der Waals surface area contributed by atoms with Crippen molar-refractivity contribution in [3.8, 4) is 5.69 Å². The Labute approximate surface area is 276 Å². The van der Waals surface area contributed by atoms with Crippen molar-refractivity contribution in [3.05, 3.63) is 151 Å². The Morgan fingerprint density at radius 3 is 2.02 bits per heavy atom. The monoisotopic (exact) mass is 615 g/mol. The van der Waals surface area contributed by atoms with Gasteiger partial charge in [-0.25, -0.2) is 9.97 Å². The van der Waals surface area contributed by atoms with Crippen LogP contribution in [-0.2, 0) is 5.41 Å². The zero-order chi connectivity index (χ0) is 31.7. The minimum absolute atomic E-state index is 0.211. The Balaban J connectivity index is 1.23. The molecule has 226 valence electrons. The molecule has 5 heteroatoms. The van der Waals surface area contributed by atoms with E-state index < -0.39 is 0 Å². The van der Waals surface area contributed by atoms with Gasteiger partial charge in [0.15, 0.2) is 0 Å². The van der Waals surface area contributed by atoms with E-state index >= 15 is 0 Å². The van der Waals surface area contributed by atoms with E-state index in [2.05, 4.69) is 143 Å². The molecule has 0 saturated heterocycles. The number of fused-ring (bicyclic) bond motifs is 11. The highest BCUT2D eigenvalue weighted by Gasteiger charge is 2.38. The maximum Gasteiger partial charge on any atom is 0.145 e. The standard InChI is InChI=1S/C43H29N5/c1-43(2)34-18-4-6-20-37(34)46(26-11-7-12-27(23-26)47-36-19-5-3-13-28(36)31-16-9-21-44-41(31)47)39-25-38-33(24-35(39)43)30-15-8-14-29-32-17-10-22-45-42(32)48(38)40(29)30/h3-25H,1-2H3. The number of anilines is 3. The minimum atomic E-state index is -0.211. The molecule has 0 unspecified atom stereocenters. The Morgan fingerprint density at radius 2 is 1.15 bits per heavy atom. The van der Waals surface area contributed by atoms with E-state index in [1.165, 1.54) is 60.5 Å². The van der Waals surface area contributed by atoms with Crippen molar-refractivity contribution in [1.29, 1.82) is 0 Å². The number of benzene rings is 5. The molecule has 5 aromatic heterocycles.